The predicted octanol–water partition coefficient (Wildman–Crippen LogP) is 3.78. The standard InChI is InChI=1S/C16H26N2/c1-4-5-6-7-11-18-16(17)12-15-13(2)9-8-10-14(15)3/h8-10H,4-7,11-12H2,1-3H3,(H2,17,18). The summed E-state index contributed by atoms with van der Waals surface area (Å²) >= 11 is 0. The Bertz CT molecular complexity index is 374. The third kappa shape index (κ3) is 4.91. The lowest BCUT2D eigenvalue weighted by molar-refractivity contribution is 0.674. The van der Waals surface area contributed by atoms with Gasteiger partial charge in [-0.25, -0.2) is 0 Å². The Morgan fingerprint density at radius 2 is 1.78 bits per heavy atom. The Balaban J connectivity index is 2.48. The third-order valence-corrected chi connectivity index (χ3v) is 3.33. The molecule has 1 aromatic rings. The van der Waals surface area contributed by atoms with Crippen molar-refractivity contribution in [2.24, 2.45) is 10.7 Å². The fraction of sp³-hybridized carbons (Fsp3) is 0.562. The number of amidine groups is 1. The van der Waals surface area contributed by atoms with E-state index in [9.17, 15) is 0 Å². The number of benzene rings is 1. The molecule has 0 saturated heterocycles. The van der Waals surface area contributed by atoms with Gasteiger partial charge in [-0.05, 0) is 37.0 Å². The largest absolute Gasteiger partial charge is 0.387 e. The van der Waals surface area contributed by atoms with Gasteiger partial charge in [0.25, 0.3) is 0 Å². The van der Waals surface area contributed by atoms with Gasteiger partial charge >= 0.3 is 0 Å². The van der Waals surface area contributed by atoms with E-state index in [1.807, 2.05) is 0 Å². The van der Waals surface area contributed by atoms with Crippen molar-refractivity contribution in [2.75, 3.05) is 6.54 Å². The van der Waals surface area contributed by atoms with Crippen molar-refractivity contribution in [3.63, 3.8) is 0 Å². The summed E-state index contributed by atoms with van der Waals surface area (Å²) in [5, 5.41) is 0. The number of aliphatic imine (C=N–C) groups is 1. The van der Waals surface area contributed by atoms with E-state index in [2.05, 4.69) is 44.0 Å². The van der Waals surface area contributed by atoms with Crippen LogP contribution in [-0.2, 0) is 6.42 Å². The molecule has 1 rings (SSSR count). The van der Waals surface area contributed by atoms with E-state index in [0.29, 0.717) is 0 Å². The molecule has 2 nitrogen and oxygen atoms in total. The van der Waals surface area contributed by atoms with E-state index in [4.69, 9.17) is 5.73 Å². The normalized spacial score (nSPS) is 11.8. The molecule has 0 aliphatic rings. The summed E-state index contributed by atoms with van der Waals surface area (Å²) in [4.78, 5) is 4.47. The van der Waals surface area contributed by atoms with Crippen molar-refractivity contribution < 1.29 is 0 Å². The van der Waals surface area contributed by atoms with E-state index in [1.54, 1.807) is 0 Å². The van der Waals surface area contributed by atoms with Crippen LogP contribution in [0.3, 0.4) is 0 Å². The second-order valence-electron chi connectivity index (χ2n) is 4.98. The van der Waals surface area contributed by atoms with Crippen LogP contribution in [-0.4, -0.2) is 12.4 Å². The van der Waals surface area contributed by atoms with Crippen LogP contribution in [0.1, 0.15) is 49.3 Å². The quantitative estimate of drug-likeness (QED) is 0.444. The molecule has 0 fully saturated rings. The fourth-order valence-electron chi connectivity index (χ4n) is 2.13. The molecule has 0 aliphatic carbocycles. The van der Waals surface area contributed by atoms with Crippen LogP contribution in [0.5, 0.6) is 0 Å². The molecule has 0 atom stereocenters. The summed E-state index contributed by atoms with van der Waals surface area (Å²) in [6, 6.07) is 6.36. The maximum Gasteiger partial charge on any atom is 0.0981 e. The molecule has 18 heavy (non-hydrogen) atoms. The second-order valence-corrected chi connectivity index (χ2v) is 4.98. The van der Waals surface area contributed by atoms with Crippen LogP contribution in [0.15, 0.2) is 23.2 Å². The summed E-state index contributed by atoms with van der Waals surface area (Å²) in [6.45, 7) is 7.36. The Labute approximate surface area is 111 Å². The molecule has 2 N–H and O–H groups in total. The first kappa shape index (κ1) is 14.7. The topological polar surface area (TPSA) is 38.4 Å². The number of hydrogen-bond donors (Lipinski definition) is 1. The van der Waals surface area contributed by atoms with Gasteiger partial charge in [0, 0.05) is 13.0 Å². The minimum Gasteiger partial charge on any atom is -0.387 e. The third-order valence-electron chi connectivity index (χ3n) is 3.33. The van der Waals surface area contributed by atoms with Crippen molar-refractivity contribution in [1.29, 1.82) is 0 Å². The highest BCUT2D eigenvalue weighted by atomic mass is 14.8. The van der Waals surface area contributed by atoms with Gasteiger partial charge in [0.15, 0.2) is 0 Å². The maximum absolute atomic E-state index is 6.01. The van der Waals surface area contributed by atoms with Crippen LogP contribution in [0.2, 0.25) is 0 Å². The molecule has 0 bridgehead atoms. The van der Waals surface area contributed by atoms with E-state index < -0.39 is 0 Å². The SMILES string of the molecule is CCCCCCN=C(N)Cc1c(C)cccc1C. The monoisotopic (exact) mass is 246 g/mol. The molecule has 2 heteroatoms. The molecule has 0 unspecified atom stereocenters. The van der Waals surface area contributed by atoms with Gasteiger partial charge in [0.1, 0.15) is 0 Å². The summed E-state index contributed by atoms with van der Waals surface area (Å²) in [5.74, 6) is 0.767. The molecule has 0 heterocycles. The highest BCUT2D eigenvalue weighted by Crippen LogP contribution is 2.13. The minimum absolute atomic E-state index is 0.767. The van der Waals surface area contributed by atoms with Gasteiger partial charge in [-0.2, -0.15) is 0 Å². The van der Waals surface area contributed by atoms with Crippen LogP contribution in [0.25, 0.3) is 0 Å². The molecule has 0 radical (unpaired) electrons. The molecule has 0 aromatic heterocycles. The summed E-state index contributed by atoms with van der Waals surface area (Å²) in [5.41, 5.74) is 9.94. The van der Waals surface area contributed by atoms with E-state index >= 15 is 0 Å². The first-order valence-electron chi connectivity index (χ1n) is 6.99. The summed E-state index contributed by atoms with van der Waals surface area (Å²) < 4.78 is 0. The Morgan fingerprint density at radius 1 is 1.11 bits per heavy atom. The second kappa shape index (κ2) is 7.91. The Hall–Kier alpha value is -1.31. The van der Waals surface area contributed by atoms with Crippen LogP contribution < -0.4 is 5.73 Å². The average Bonchev–Trinajstić information content (AvgIpc) is 2.34. The van der Waals surface area contributed by atoms with E-state index in [1.165, 1.54) is 36.0 Å². The van der Waals surface area contributed by atoms with Gasteiger partial charge in [-0.1, -0.05) is 44.4 Å². The van der Waals surface area contributed by atoms with Crippen molar-refractivity contribution in [3.05, 3.63) is 34.9 Å². The first-order chi connectivity index (χ1) is 8.65. The highest BCUT2D eigenvalue weighted by Gasteiger charge is 2.03. The Kier molecular flexibility index (Phi) is 6.48. The summed E-state index contributed by atoms with van der Waals surface area (Å²) in [6.07, 6.45) is 5.76. The molecule has 0 spiro atoms. The Morgan fingerprint density at radius 3 is 2.39 bits per heavy atom. The lowest BCUT2D eigenvalue weighted by atomic mass is 10.00. The zero-order valence-electron chi connectivity index (χ0n) is 12.0. The van der Waals surface area contributed by atoms with Crippen molar-refractivity contribution >= 4 is 5.84 Å². The lowest BCUT2D eigenvalue weighted by Gasteiger charge is -2.09. The molecule has 0 saturated carbocycles. The van der Waals surface area contributed by atoms with Gasteiger partial charge in [-0.3, -0.25) is 4.99 Å². The maximum atomic E-state index is 6.01. The smallest absolute Gasteiger partial charge is 0.0981 e. The number of hydrogen-bond acceptors (Lipinski definition) is 1. The predicted molar refractivity (Wildman–Crippen MR) is 80.3 cm³/mol. The average molecular weight is 246 g/mol. The highest BCUT2D eigenvalue weighted by molar-refractivity contribution is 5.83. The van der Waals surface area contributed by atoms with Crippen LogP contribution >= 0.6 is 0 Å². The number of aryl methyl sites for hydroxylation is 2. The van der Waals surface area contributed by atoms with Crippen LogP contribution in [0.4, 0.5) is 0 Å². The summed E-state index contributed by atoms with van der Waals surface area (Å²) in [7, 11) is 0. The molecular weight excluding hydrogens is 220 g/mol. The van der Waals surface area contributed by atoms with E-state index in [-0.39, 0.29) is 0 Å². The molecule has 100 valence electrons. The minimum atomic E-state index is 0.767. The van der Waals surface area contributed by atoms with Crippen molar-refractivity contribution in [2.45, 2.75) is 52.9 Å². The van der Waals surface area contributed by atoms with Gasteiger partial charge in [0.05, 0.1) is 5.84 Å². The number of rotatable bonds is 7. The number of unbranched alkanes of at least 4 members (excludes halogenated alkanes) is 3. The number of nitrogens with zero attached hydrogens (tertiary/aromatic N) is 1. The fourth-order valence-corrected chi connectivity index (χ4v) is 2.13. The first-order valence-corrected chi connectivity index (χ1v) is 6.99. The zero-order chi connectivity index (χ0) is 13.4. The molecule has 0 aliphatic heterocycles. The molecule has 0 amide bonds. The van der Waals surface area contributed by atoms with Gasteiger partial charge in [-0.15, -0.1) is 0 Å². The molecular formula is C16H26N2. The zero-order valence-corrected chi connectivity index (χ0v) is 12.0. The van der Waals surface area contributed by atoms with Crippen LogP contribution in [0, 0.1) is 13.8 Å². The van der Waals surface area contributed by atoms with Gasteiger partial charge in [0.2, 0.25) is 0 Å². The molecule has 1 aromatic carbocycles. The van der Waals surface area contributed by atoms with Gasteiger partial charge < -0.3 is 5.73 Å². The van der Waals surface area contributed by atoms with Crippen molar-refractivity contribution in [1.82, 2.24) is 0 Å². The lowest BCUT2D eigenvalue weighted by Crippen LogP contribution is -2.17. The number of nitrogens with two attached hydrogens (primary N) is 1. The van der Waals surface area contributed by atoms with E-state index in [0.717, 1.165) is 25.2 Å². The van der Waals surface area contributed by atoms with Crippen molar-refractivity contribution in [3.8, 4) is 0 Å².